The van der Waals surface area contributed by atoms with Crippen LogP contribution in [0.1, 0.15) is 29.5 Å². The number of benzene rings is 2. The second-order valence-electron chi connectivity index (χ2n) is 8.11. The molecule has 1 saturated heterocycles. The summed E-state index contributed by atoms with van der Waals surface area (Å²) in [5.41, 5.74) is 3.40. The van der Waals surface area contributed by atoms with Gasteiger partial charge in [-0.25, -0.2) is 4.98 Å². The van der Waals surface area contributed by atoms with Crippen molar-refractivity contribution < 1.29 is 9.69 Å². The average Bonchev–Trinajstić information content (AvgIpc) is 3.34. The molecule has 0 aliphatic carbocycles. The average molecular weight is 410 g/mol. The Bertz CT molecular complexity index is 949. The van der Waals surface area contributed by atoms with Crippen molar-refractivity contribution in [2.45, 2.75) is 25.4 Å². The summed E-state index contributed by atoms with van der Waals surface area (Å²) >= 11 is 1.78. The van der Waals surface area contributed by atoms with Crippen LogP contribution in [0, 0.1) is 0 Å². The predicted molar refractivity (Wildman–Crippen MR) is 120 cm³/mol. The van der Waals surface area contributed by atoms with Crippen LogP contribution >= 0.6 is 11.3 Å². The first kappa shape index (κ1) is 19.9. The Hall–Kier alpha value is -2.44. The Kier molecular flexibility index (Phi) is 5.83. The van der Waals surface area contributed by atoms with Gasteiger partial charge in [0.05, 0.1) is 16.8 Å². The summed E-state index contributed by atoms with van der Waals surface area (Å²) in [6.45, 7) is 2.22. The molecule has 0 bridgehead atoms. The fraction of sp³-hybridized carbons (Fsp3) is 0.391. The number of nitrogens with one attached hydrogen (secondary N) is 1. The molecule has 4 rings (SSSR count). The van der Waals surface area contributed by atoms with Gasteiger partial charge < -0.3 is 14.7 Å². The largest absolute Gasteiger partial charge is 0.378 e. The van der Waals surface area contributed by atoms with Gasteiger partial charge in [0.15, 0.2) is 11.6 Å². The topological polar surface area (TPSA) is 40.9 Å². The van der Waals surface area contributed by atoms with Crippen LogP contribution in [0.25, 0.3) is 10.2 Å². The van der Waals surface area contributed by atoms with Crippen LogP contribution in [0.3, 0.4) is 0 Å². The molecule has 1 amide bonds. The molecule has 3 aromatic rings. The van der Waals surface area contributed by atoms with Crippen molar-refractivity contribution in [1.29, 1.82) is 0 Å². The van der Waals surface area contributed by atoms with E-state index in [9.17, 15) is 4.79 Å². The van der Waals surface area contributed by atoms with Gasteiger partial charge in [-0.3, -0.25) is 4.79 Å². The van der Waals surface area contributed by atoms with Crippen molar-refractivity contribution >= 4 is 33.1 Å². The number of likely N-dealkylation sites (N-methyl/N-ethyl adjacent to an activating group) is 1. The molecule has 6 heteroatoms. The van der Waals surface area contributed by atoms with Crippen LogP contribution in [-0.2, 0) is 11.3 Å². The lowest BCUT2D eigenvalue weighted by molar-refractivity contribution is -0.910. The molecule has 0 radical (unpaired) electrons. The molecule has 1 unspecified atom stereocenters. The molecule has 0 spiro atoms. The number of fused-ring (bicyclic) bond motifs is 1. The minimum atomic E-state index is 0.199. The van der Waals surface area contributed by atoms with Crippen LogP contribution in [0.2, 0.25) is 0 Å². The van der Waals surface area contributed by atoms with E-state index in [-0.39, 0.29) is 5.91 Å². The fourth-order valence-electron chi connectivity index (χ4n) is 4.05. The summed E-state index contributed by atoms with van der Waals surface area (Å²) in [5.74, 6) is 0.199. The van der Waals surface area contributed by atoms with E-state index in [4.69, 9.17) is 4.98 Å². The Morgan fingerprint density at radius 2 is 1.90 bits per heavy atom. The van der Waals surface area contributed by atoms with E-state index in [1.54, 1.807) is 11.3 Å². The lowest BCUT2D eigenvalue weighted by Gasteiger charge is -2.23. The van der Waals surface area contributed by atoms with Gasteiger partial charge in [0.25, 0.3) is 5.91 Å². The second kappa shape index (κ2) is 8.51. The van der Waals surface area contributed by atoms with Crippen molar-refractivity contribution in [1.82, 2.24) is 9.88 Å². The molecule has 152 valence electrons. The van der Waals surface area contributed by atoms with Gasteiger partial charge in [-0.1, -0.05) is 24.3 Å². The smallest absolute Gasteiger partial charge is 0.277 e. The number of anilines is 1. The first-order valence-electron chi connectivity index (χ1n) is 10.2. The maximum Gasteiger partial charge on any atom is 0.277 e. The van der Waals surface area contributed by atoms with Gasteiger partial charge in [-0.05, 0) is 29.8 Å². The summed E-state index contributed by atoms with van der Waals surface area (Å²) < 4.78 is 1.23. The standard InChI is InChI=1S/C23H28N4OS/c1-25(2)18-12-10-17(11-13-18)15-26(3)22(28)16-27-14-6-8-20(27)23-24-19-7-4-5-9-21(19)29-23/h4-5,7,9-13,20H,6,8,14-16H2,1-3H3/p+1/t20-/m0/s1. The van der Waals surface area contributed by atoms with Gasteiger partial charge in [0.2, 0.25) is 0 Å². The number of para-hydroxylation sites is 1. The Morgan fingerprint density at radius 3 is 2.62 bits per heavy atom. The van der Waals surface area contributed by atoms with Crippen molar-refractivity contribution in [3.63, 3.8) is 0 Å². The highest BCUT2D eigenvalue weighted by Crippen LogP contribution is 2.28. The number of carbonyl (C=O) groups excluding carboxylic acids is 1. The van der Waals surface area contributed by atoms with E-state index in [1.165, 1.54) is 20.3 Å². The second-order valence-corrected chi connectivity index (χ2v) is 9.17. The van der Waals surface area contributed by atoms with Gasteiger partial charge in [0, 0.05) is 46.2 Å². The molecule has 1 aliphatic heterocycles. The van der Waals surface area contributed by atoms with Crippen molar-refractivity contribution in [3.05, 3.63) is 59.1 Å². The van der Waals surface area contributed by atoms with E-state index in [0.717, 1.165) is 30.5 Å². The van der Waals surface area contributed by atoms with Crippen molar-refractivity contribution in [2.24, 2.45) is 0 Å². The number of amides is 1. The normalized spacial score (nSPS) is 18.9. The third kappa shape index (κ3) is 4.43. The quantitative estimate of drug-likeness (QED) is 0.681. The van der Waals surface area contributed by atoms with Gasteiger partial charge in [0.1, 0.15) is 6.04 Å². The van der Waals surface area contributed by atoms with E-state index < -0.39 is 0 Å². The Balaban J connectivity index is 1.40. The summed E-state index contributed by atoms with van der Waals surface area (Å²) in [5, 5.41) is 1.17. The monoisotopic (exact) mass is 409 g/mol. The molecule has 2 atom stereocenters. The first-order valence-corrected chi connectivity index (χ1v) is 11.0. The number of rotatable bonds is 6. The molecule has 1 N–H and O–H groups in total. The number of likely N-dealkylation sites (tertiary alicyclic amines) is 1. The van der Waals surface area contributed by atoms with Gasteiger partial charge >= 0.3 is 0 Å². The third-order valence-electron chi connectivity index (χ3n) is 5.77. The summed E-state index contributed by atoms with van der Waals surface area (Å²) in [6.07, 6.45) is 2.26. The number of nitrogens with zero attached hydrogens (tertiary/aromatic N) is 3. The van der Waals surface area contributed by atoms with E-state index in [2.05, 4.69) is 47.4 Å². The van der Waals surface area contributed by atoms with Crippen LogP contribution < -0.4 is 9.80 Å². The minimum absolute atomic E-state index is 0.199. The lowest BCUT2D eigenvalue weighted by Crippen LogP contribution is -3.11. The number of quaternary nitrogens is 1. The van der Waals surface area contributed by atoms with Crippen LogP contribution in [0.4, 0.5) is 5.69 Å². The SMILES string of the molecule is CN(Cc1ccc(N(C)C)cc1)C(=O)C[NH+]1CCC[C@H]1c1nc2ccccc2s1. The molecular weight excluding hydrogens is 380 g/mol. The number of aromatic nitrogens is 1. The number of thiazole rings is 1. The molecule has 1 fully saturated rings. The number of carbonyl (C=O) groups is 1. The van der Waals surface area contributed by atoms with Gasteiger partial charge in [-0.15, -0.1) is 11.3 Å². The molecule has 1 aliphatic rings. The first-order chi connectivity index (χ1) is 14.0. The van der Waals surface area contributed by atoms with Crippen LogP contribution in [0.5, 0.6) is 0 Å². The molecule has 2 heterocycles. The van der Waals surface area contributed by atoms with Crippen LogP contribution in [0.15, 0.2) is 48.5 Å². The summed E-state index contributed by atoms with van der Waals surface area (Å²) in [4.78, 5) is 23.0. The summed E-state index contributed by atoms with van der Waals surface area (Å²) in [6, 6.07) is 17.0. The molecule has 2 aromatic carbocycles. The van der Waals surface area contributed by atoms with E-state index in [0.29, 0.717) is 19.1 Å². The lowest BCUT2D eigenvalue weighted by atomic mass is 10.2. The predicted octanol–water partition coefficient (Wildman–Crippen LogP) is 2.74. The van der Waals surface area contributed by atoms with Gasteiger partial charge in [-0.2, -0.15) is 0 Å². The molecular formula is C23H29N4OS+. The van der Waals surface area contributed by atoms with E-state index in [1.807, 2.05) is 32.1 Å². The zero-order valence-corrected chi connectivity index (χ0v) is 18.2. The number of hydrogen-bond donors (Lipinski definition) is 1. The molecule has 5 nitrogen and oxygen atoms in total. The van der Waals surface area contributed by atoms with Crippen LogP contribution in [-0.4, -0.2) is 50.0 Å². The number of hydrogen-bond acceptors (Lipinski definition) is 4. The molecule has 29 heavy (non-hydrogen) atoms. The maximum absolute atomic E-state index is 12.9. The molecule has 1 aromatic heterocycles. The highest BCUT2D eigenvalue weighted by atomic mass is 32.1. The Labute approximate surface area is 176 Å². The zero-order chi connectivity index (χ0) is 20.4. The minimum Gasteiger partial charge on any atom is -0.378 e. The Morgan fingerprint density at radius 1 is 1.14 bits per heavy atom. The highest BCUT2D eigenvalue weighted by Gasteiger charge is 2.34. The van der Waals surface area contributed by atoms with Crippen molar-refractivity contribution in [2.75, 3.05) is 39.1 Å². The maximum atomic E-state index is 12.9. The molecule has 0 saturated carbocycles. The highest BCUT2D eigenvalue weighted by molar-refractivity contribution is 7.18. The zero-order valence-electron chi connectivity index (χ0n) is 17.4. The third-order valence-corrected chi connectivity index (χ3v) is 6.92. The van der Waals surface area contributed by atoms with Crippen molar-refractivity contribution in [3.8, 4) is 0 Å². The fourth-order valence-corrected chi connectivity index (χ4v) is 5.21. The summed E-state index contributed by atoms with van der Waals surface area (Å²) in [7, 11) is 5.97. The van der Waals surface area contributed by atoms with E-state index >= 15 is 0 Å².